The van der Waals surface area contributed by atoms with E-state index in [9.17, 15) is 9.18 Å². The van der Waals surface area contributed by atoms with Gasteiger partial charge in [-0.25, -0.2) is 24.9 Å². The number of carbonyl (C=O) groups is 1. The molecule has 0 N–H and O–H groups in total. The number of hydrogen-bond acceptors (Lipinski definition) is 9. The molecule has 1 aliphatic heterocycles. The Labute approximate surface area is 193 Å². The topological polar surface area (TPSA) is 94.0 Å². The van der Waals surface area contributed by atoms with Crippen LogP contribution in [0.1, 0.15) is 27.1 Å². The van der Waals surface area contributed by atoms with Gasteiger partial charge in [0.15, 0.2) is 0 Å². The number of nitrogens with zero attached hydrogens (tertiary/aromatic N) is 6. The van der Waals surface area contributed by atoms with Gasteiger partial charge < -0.3 is 14.4 Å². The minimum Gasteiger partial charge on any atom is -0.378 e. The number of ether oxygens (including phenoxy) is 1. The van der Waals surface area contributed by atoms with E-state index >= 15 is 0 Å². The molecule has 1 unspecified atom stereocenters. The summed E-state index contributed by atoms with van der Waals surface area (Å²) in [6.07, 6.45) is 5.31. The van der Waals surface area contributed by atoms with E-state index in [1.807, 2.05) is 19.9 Å². The van der Waals surface area contributed by atoms with Gasteiger partial charge in [0, 0.05) is 52.9 Å². The van der Waals surface area contributed by atoms with Crippen molar-refractivity contribution in [2.75, 3.05) is 31.2 Å². The van der Waals surface area contributed by atoms with Crippen LogP contribution in [-0.4, -0.2) is 57.5 Å². The van der Waals surface area contributed by atoms with Gasteiger partial charge in [-0.1, -0.05) is 0 Å². The molecule has 1 fully saturated rings. The maximum Gasteiger partial charge on any atom is 0.217 e. The molecule has 1 aliphatic rings. The summed E-state index contributed by atoms with van der Waals surface area (Å²) in [5.74, 6) is -0.717. The highest BCUT2D eigenvalue weighted by molar-refractivity contribution is 7.11. The molecule has 0 aromatic carbocycles. The number of aldehydes is 1. The van der Waals surface area contributed by atoms with Crippen LogP contribution in [0, 0.1) is 19.8 Å². The highest BCUT2D eigenvalue weighted by Gasteiger charge is 2.24. The van der Waals surface area contributed by atoms with Crippen molar-refractivity contribution in [3.05, 3.63) is 57.9 Å². The van der Waals surface area contributed by atoms with E-state index in [1.165, 1.54) is 23.9 Å². The lowest BCUT2D eigenvalue weighted by molar-refractivity contribution is -0.108. The van der Waals surface area contributed by atoms with Gasteiger partial charge in [0.05, 0.1) is 36.0 Å². The Bertz CT molecular complexity index is 1320. The molecule has 0 bridgehead atoms. The first-order valence-electron chi connectivity index (χ1n) is 10.5. The van der Waals surface area contributed by atoms with Gasteiger partial charge in [0.25, 0.3) is 0 Å². The molecule has 33 heavy (non-hydrogen) atoms. The average molecular weight is 465 g/mol. The molecule has 8 nitrogen and oxygen atoms in total. The highest BCUT2D eigenvalue weighted by atomic mass is 32.1. The van der Waals surface area contributed by atoms with Crippen LogP contribution in [0.3, 0.4) is 0 Å². The third-order valence-electron chi connectivity index (χ3n) is 5.76. The Morgan fingerprint density at radius 2 is 1.94 bits per heavy atom. The molecule has 0 aliphatic carbocycles. The maximum absolute atomic E-state index is 14.7. The lowest BCUT2D eigenvalue weighted by atomic mass is 9.99. The number of morpholine rings is 1. The monoisotopic (exact) mass is 464 g/mol. The lowest BCUT2D eigenvalue weighted by Crippen LogP contribution is -2.36. The molecule has 4 aromatic heterocycles. The zero-order chi connectivity index (χ0) is 22.9. The molecule has 10 heteroatoms. The molecule has 4 aromatic rings. The summed E-state index contributed by atoms with van der Waals surface area (Å²) in [6.45, 7) is 6.65. The third kappa shape index (κ3) is 4.07. The Kier molecular flexibility index (Phi) is 5.77. The van der Waals surface area contributed by atoms with Crippen molar-refractivity contribution in [2.45, 2.75) is 19.8 Å². The summed E-state index contributed by atoms with van der Waals surface area (Å²) in [6, 6.07) is 3.53. The van der Waals surface area contributed by atoms with Gasteiger partial charge in [-0.2, -0.15) is 4.39 Å². The van der Waals surface area contributed by atoms with Crippen LogP contribution < -0.4 is 4.90 Å². The average Bonchev–Trinajstić information content (AvgIpc) is 3.18. The van der Waals surface area contributed by atoms with Gasteiger partial charge in [-0.15, -0.1) is 11.3 Å². The van der Waals surface area contributed by atoms with Crippen molar-refractivity contribution in [2.24, 2.45) is 0 Å². The Morgan fingerprint density at radius 3 is 2.67 bits per heavy atom. The van der Waals surface area contributed by atoms with Crippen LogP contribution >= 0.6 is 11.3 Å². The molecule has 1 atom stereocenters. The predicted molar refractivity (Wildman–Crippen MR) is 123 cm³/mol. The smallest absolute Gasteiger partial charge is 0.217 e. The summed E-state index contributed by atoms with van der Waals surface area (Å²) in [4.78, 5) is 36.9. The van der Waals surface area contributed by atoms with Gasteiger partial charge >= 0.3 is 0 Å². The van der Waals surface area contributed by atoms with Crippen LogP contribution in [-0.2, 0) is 9.53 Å². The van der Waals surface area contributed by atoms with Crippen molar-refractivity contribution >= 4 is 34.3 Å². The number of aryl methyl sites for hydroxylation is 2. The molecule has 0 spiro atoms. The first-order chi connectivity index (χ1) is 16.0. The molecule has 0 radical (unpaired) electrons. The van der Waals surface area contributed by atoms with Crippen LogP contribution in [0.4, 0.5) is 10.2 Å². The summed E-state index contributed by atoms with van der Waals surface area (Å²) in [5, 5.41) is 1.26. The van der Waals surface area contributed by atoms with Gasteiger partial charge in [0.2, 0.25) is 5.95 Å². The van der Waals surface area contributed by atoms with Gasteiger partial charge in [-0.3, -0.25) is 0 Å². The molecular formula is C23H21FN6O2S. The molecule has 5 rings (SSSR count). The normalized spacial score (nSPS) is 15.1. The first kappa shape index (κ1) is 21.5. The minimum absolute atomic E-state index is 0.168. The standard InChI is InChI=1S/C23H21FN6O2S/c1-13-14(2)33-23(29-13)18(11-31)16-7-15(9-26-22(16)24)21-17-10-25-20(8-19(17)27-12-28-21)30-3-5-32-6-4-30/h7-12,18H,3-6H2,1-2H3. The van der Waals surface area contributed by atoms with E-state index in [0.717, 1.165) is 40.4 Å². The molecule has 168 valence electrons. The fourth-order valence-electron chi connectivity index (χ4n) is 3.84. The summed E-state index contributed by atoms with van der Waals surface area (Å²) >= 11 is 1.38. The van der Waals surface area contributed by atoms with E-state index in [-0.39, 0.29) is 5.56 Å². The predicted octanol–water partition coefficient (Wildman–Crippen LogP) is 3.47. The SMILES string of the molecule is Cc1nc(C(C=O)c2cc(-c3ncnc4cc(N5CCOCC5)ncc34)cnc2F)sc1C. The molecular weight excluding hydrogens is 443 g/mol. The van der Waals surface area contributed by atoms with Gasteiger partial charge in [-0.05, 0) is 19.9 Å². The second-order valence-electron chi connectivity index (χ2n) is 7.79. The first-order valence-corrected chi connectivity index (χ1v) is 11.4. The molecule has 0 amide bonds. The van der Waals surface area contributed by atoms with Crippen LogP contribution in [0.15, 0.2) is 30.9 Å². The number of rotatable bonds is 5. The quantitative estimate of drug-likeness (QED) is 0.327. The van der Waals surface area contributed by atoms with Crippen molar-refractivity contribution in [3.63, 3.8) is 0 Å². The number of pyridine rings is 2. The number of fused-ring (bicyclic) bond motifs is 1. The van der Waals surface area contributed by atoms with Crippen molar-refractivity contribution in [1.29, 1.82) is 0 Å². The number of thiazole rings is 1. The highest BCUT2D eigenvalue weighted by Crippen LogP contribution is 2.33. The fraction of sp³-hybridized carbons (Fsp3) is 0.304. The summed E-state index contributed by atoms with van der Waals surface area (Å²) < 4.78 is 20.1. The second-order valence-corrected chi connectivity index (χ2v) is 9.03. The van der Waals surface area contributed by atoms with E-state index in [4.69, 9.17) is 4.74 Å². The number of carbonyl (C=O) groups excluding carboxylic acids is 1. The zero-order valence-corrected chi connectivity index (χ0v) is 19.0. The van der Waals surface area contributed by atoms with Crippen LogP contribution in [0.2, 0.25) is 0 Å². The fourth-order valence-corrected chi connectivity index (χ4v) is 4.84. The molecule has 5 heterocycles. The third-order valence-corrected chi connectivity index (χ3v) is 6.92. The summed E-state index contributed by atoms with van der Waals surface area (Å²) in [5.41, 5.74) is 2.87. The Morgan fingerprint density at radius 1 is 1.12 bits per heavy atom. The maximum atomic E-state index is 14.7. The van der Waals surface area contributed by atoms with E-state index in [2.05, 4.69) is 29.8 Å². The van der Waals surface area contributed by atoms with E-state index in [1.54, 1.807) is 12.3 Å². The lowest BCUT2D eigenvalue weighted by Gasteiger charge is -2.27. The van der Waals surface area contributed by atoms with Crippen molar-refractivity contribution < 1.29 is 13.9 Å². The van der Waals surface area contributed by atoms with Crippen molar-refractivity contribution in [1.82, 2.24) is 24.9 Å². The van der Waals surface area contributed by atoms with E-state index < -0.39 is 11.9 Å². The number of halogens is 1. The Hall–Kier alpha value is -3.37. The summed E-state index contributed by atoms with van der Waals surface area (Å²) in [7, 11) is 0. The van der Waals surface area contributed by atoms with Gasteiger partial charge in [0.1, 0.15) is 23.4 Å². The molecule has 1 saturated heterocycles. The molecule has 0 saturated carbocycles. The zero-order valence-electron chi connectivity index (χ0n) is 18.2. The minimum atomic E-state index is -0.839. The van der Waals surface area contributed by atoms with Crippen molar-refractivity contribution in [3.8, 4) is 11.3 Å². The number of aromatic nitrogens is 5. The Balaban J connectivity index is 1.56. The largest absolute Gasteiger partial charge is 0.378 e. The van der Waals surface area contributed by atoms with Crippen LogP contribution in [0.5, 0.6) is 0 Å². The van der Waals surface area contributed by atoms with E-state index in [0.29, 0.717) is 35.8 Å². The number of anilines is 1. The second kappa shape index (κ2) is 8.87. The van der Waals surface area contributed by atoms with Crippen LogP contribution in [0.25, 0.3) is 22.2 Å². The number of hydrogen-bond donors (Lipinski definition) is 0.